The fourth-order valence-electron chi connectivity index (χ4n) is 2.05. The third-order valence-electron chi connectivity index (χ3n) is 2.85. The number of hydrogen-bond donors (Lipinski definition) is 0. The van der Waals surface area contributed by atoms with E-state index in [1.54, 1.807) is 6.20 Å². The fourth-order valence-corrected chi connectivity index (χ4v) is 2.05. The van der Waals surface area contributed by atoms with Crippen molar-refractivity contribution in [2.45, 2.75) is 44.6 Å². The molecule has 1 aromatic heterocycles. The van der Waals surface area contributed by atoms with Crippen LogP contribution in [0.1, 0.15) is 55.1 Å². The normalized spacial score (nSPS) is 19.1. The molecule has 0 radical (unpaired) electrons. The third kappa shape index (κ3) is 2.00. The van der Waals surface area contributed by atoms with Gasteiger partial charge in [-0.05, 0) is 12.8 Å². The first-order valence-electron chi connectivity index (χ1n) is 5.27. The lowest BCUT2D eigenvalue weighted by molar-refractivity contribution is 0.111. The molecule has 1 aromatic rings. The molecular weight excluding hydrogens is 178 g/mol. The lowest BCUT2D eigenvalue weighted by Gasteiger charge is -2.12. The summed E-state index contributed by atoms with van der Waals surface area (Å²) in [4.78, 5) is 10.5. The summed E-state index contributed by atoms with van der Waals surface area (Å²) in [6.07, 6.45) is 10.0. The van der Waals surface area contributed by atoms with Gasteiger partial charge in [0.15, 0.2) is 6.29 Å². The van der Waals surface area contributed by atoms with Crippen molar-refractivity contribution >= 4 is 6.29 Å². The molecule has 0 atom stereocenters. The number of carbonyl (C=O) groups excluding carboxylic acids is 1. The van der Waals surface area contributed by atoms with Gasteiger partial charge in [-0.1, -0.05) is 30.9 Å². The molecule has 0 amide bonds. The topological polar surface area (TPSA) is 47.8 Å². The van der Waals surface area contributed by atoms with E-state index in [0.29, 0.717) is 11.7 Å². The van der Waals surface area contributed by atoms with Gasteiger partial charge in [-0.25, -0.2) is 4.68 Å². The summed E-state index contributed by atoms with van der Waals surface area (Å²) < 4.78 is 1.86. The van der Waals surface area contributed by atoms with Crippen molar-refractivity contribution in [2.75, 3.05) is 0 Å². The van der Waals surface area contributed by atoms with Crippen LogP contribution in [-0.4, -0.2) is 21.3 Å². The monoisotopic (exact) mass is 193 g/mol. The van der Waals surface area contributed by atoms with Crippen molar-refractivity contribution in [3.8, 4) is 0 Å². The van der Waals surface area contributed by atoms with Crippen molar-refractivity contribution < 1.29 is 4.79 Å². The second-order valence-electron chi connectivity index (χ2n) is 3.89. The van der Waals surface area contributed by atoms with E-state index >= 15 is 0 Å². The van der Waals surface area contributed by atoms with E-state index in [2.05, 4.69) is 10.3 Å². The maximum atomic E-state index is 10.5. The molecule has 1 aliphatic rings. The Balaban J connectivity index is 2.08. The van der Waals surface area contributed by atoms with E-state index in [4.69, 9.17) is 0 Å². The molecule has 14 heavy (non-hydrogen) atoms. The largest absolute Gasteiger partial charge is 0.296 e. The molecule has 2 rings (SSSR count). The van der Waals surface area contributed by atoms with Crippen LogP contribution in [0.25, 0.3) is 0 Å². The Morgan fingerprint density at radius 2 is 2.00 bits per heavy atom. The van der Waals surface area contributed by atoms with Crippen LogP contribution in [-0.2, 0) is 0 Å². The van der Waals surface area contributed by atoms with Crippen LogP contribution in [0.15, 0.2) is 6.20 Å². The zero-order chi connectivity index (χ0) is 9.80. The van der Waals surface area contributed by atoms with Crippen LogP contribution < -0.4 is 0 Å². The van der Waals surface area contributed by atoms with E-state index in [0.717, 1.165) is 6.29 Å². The van der Waals surface area contributed by atoms with Gasteiger partial charge < -0.3 is 0 Å². The van der Waals surface area contributed by atoms with Crippen molar-refractivity contribution in [3.05, 3.63) is 11.9 Å². The number of nitrogens with zero attached hydrogens (tertiary/aromatic N) is 3. The Morgan fingerprint density at radius 3 is 2.57 bits per heavy atom. The molecule has 1 fully saturated rings. The van der Waals surface area contributed by atoms with Gasteiger partial charge in [0, 0.05) is 0 Å². The van der Waals surface area contributed by atoms with E-state index in [9.17, 15) is 4.79 Å². The van der Waals surface area contributed by atoms with E-state index in [1.165, 1.54) is 38.5 Å². The summed E-state index contributed by atoms with van der Waals surface area (Å²) in [7, 11) is 0. The molecule has 0 N–H and O–H groups in total. The zero-order valence-electron chi connectivity index (χ0n) is 8.22. The SMILES string of the molecule is O=Cc1cn(C2CCCCCC2)nn1. The van der Waals surface area contributed by atoms with Gasteiger partial charge in [0.2, 0.25) is 0 Å². The van der Waals surface area contributed by atoms with E-state index in [1.807, 2.05) is 4.68 Å². The molecule has 1 heterocycles. The molecule has 4 heteroatoms. The maximum Gasteiger partial charge on any atom is 0.171 e. The van der Waals surface area contributed by atoms with Crippen LogP contribution in [0.2, 0.25) is 0 Å². The van der Waals surface area contributed by atoms with E-state index < -0.39 is 0 Å². The van der Waals surface area contributed by atoms with Crippen molar-refractivity contribution in [3.63, 3.8) is 0 Å². The molecule has 4 nitrogen and oxygen atoms in total. The lowest BCUT2D eigenvalue weighted by Crippen LogP contribution is -2.08. The highest BCUT2D eigenvalue weighted by atomic mass is 16.1. The predicted molar refractivity (Wildman–Crippen MR) is 52.1 cm³/mol. The van der Waals surface area contributed by atoms with Crippen LogP contribution in [0, 0.1) is 0 Å². The number of carbonyl (C=O) groups is 1. The summed E-state index contributed by atoms with van der Waals surface area (Å²) in [6.45, 7) is 0. The molecule has 0 saturated heterocycles. The van der Waals surface area contributed by atoms with Crippen LogP contribution in [0.5, 0.6) is 0 Å². The first kappa shape index (κ1) is 9.37. The van der Waals surface area contributed by atoms with E-state index in [-0.39, 0.29) is 0 Å². The molecule has 1 aliphatic carbocycles. The molecule has 0 aromatic carbocycles. The van der Waals surface area contributed by atoms with Gasteiger partial charge in [0.05, 0.1) is 12.2 Å². The van der Waals surface area contributed by atoms with Crippen molar-refractivity contribution in [1.29, 1.82) is 0 Å². The highest BCUT2D eigenvalue weighted by Crippen LogP contribution is 2.26. The first-order chi connectivity index (χ1) is 6.90. The minimum absolute atomic E-state index is 0.439. The summed E-state index contributed by atoms with van der Waals surface area (Å²) in [6, 6.07) is 0.457. The van der Waals surface area contributed by atoms with Crippen LogP contribution >= 0.6 is 0 Å². The predicted octanol–water partition coefficient (Wildman–Crippen LogP) is 1.99. The fraction of sp³-hybridized carbons (Fsp3) is 0.700. The summed E-state index contributed by atoms with van der Waals surface area (Å²) >= 11 is 0. The Labute approximate surface area is 83.3 Å². The van der Waals surface area contributed by atoms with Gasteiger partial charge in [-0.2, -0.15) is 0 Å². The van der Waals surface area contributed by atoms with Gasteiger partial charge >= 0.3 is 0 Å². The van der Waals surface area contributed by atoms with Crippen LogP contribution in [0.4, 0.5) is 0 Å². The minimum Gasteiger partial charge on any atom is -0.296 e. The number of rotatable bonds is 2. The molecule has 1 saturated carbocycles. The van der Waals surface area contributed by atoms with Gasteiger partial charge in [0.25, 0.3) is 0 Å². The highest BCUT2D eigenvalue weighted by Gasteiger charge is 2.15. The number of hydrogen-bond acceptors (Lipinski definition) is 3. The van der Waals surface area contributed by atoms with Crippen LogP contribution in [0.3, 0.4) is 0 Å². The zero-order valence-corrected chi connectivity index (χ0v) is 8.22. The lowest BCUT2D eigenvalue weighted by atomic mass is 10.1. The molecule has 76 valence electrons. The molecule has 0 spiro atoms. The smallest absolute Gasteiger partial charge is 0.171 e. The first-order valence-corrected chi connectivity index (χ1v) is 5.27. The Kier molecular flexibility index (Phi) is 2.91. The average Bonchev–Trinajstić information content (AvgIpc) is 2.53. The van der Waals surface area contributed by atoms with Crippen molar-refractivity contribution in [1.82, 2.24) is 15.0 Å². The summed E-state index contributed by atoms with van der Waals surface area (Å²) in [5, 5.41) is 7.77. The molecule has 0 bridgehead atoms. The van der Waals surface area contributed by atoms with Gasteiger partial charge in [0.1, 0.15) is 5.69 Å². The molecule has 0 aliphatic heterocycles. The summed E-state index contributed by atoms with van der Waals surface area (Å²) in [5.74, 6) is 0. The number of aromatic nitrogens is 3. The van der Waals surface area contributed by atoms with Gasteiger partial charge in [-0.15, -0.1) is 5.10 Å². The Hall–Kier alpha value is -1.19. The summed E-state index contributed by atoms with van der Waals surface area (Å²) in [5.41, 5.74) is 0.439. The average molecular weight is 193 g/mol. The molecule has 0 unspecified atom stereocenters. The second-order valence-corrected chi connectivity index (χ2v) is 3.89. The van der Waals surface area contributed by atoms with Crippen molar-refractivity contribution in [2.24, 2.45) is 0 Å². The van der Waals surface area contributed by atoms with Gasteiger partial charge in [-0.3, -0.25) is 4.79 Å². The molecular formula is C10H15N3O. The Morgan fingerprint density at radius 1 is 1.29 bits per heavy atom. The standard InChI is InChI=1S/C10H15N3O/c14-8-9-7-13(12-11-9)10-5-3-1-2-4-6-10/h7-8,10H,1-6H2. The Bertz CT molecular complexity index is 300. The third-order valence-corrected chi connectivity index (χ3v) is 2.85. The highest BCUT2D eigenvalue weighted by molar-refractivity contribution is 5.70. The second kappa shape index (κ2) is 4.35. The maximum absolute atomic E-state index is 10.5. The number of aldehydes is 1. The quantitative estimate of drug-likeness (QED) is 0.533. The minimum atomic E-state index is 0.439.